The number of carbonyl (C=O) groups excluding carboxylic acids is 1. The smallest absolute Gasteiger partial charge is 0.237 e. The van der Waals surface area contributed by atoms with Crippen LogP contribution in [0.3, 0.4) is 0 Å². The summed E-state index contributed by atoms with van der Waals surface area (Å²) in [5, 5.41) is 21.8. The lowest BCUT2D eigenvalue weighted by Gasteiger charge is -2.32. The molecule has 1 amide bonds. The van der Waals surface area contributed by atoms with Crippen LogP contribution in [0.2, 0.25) is 0 Å². The molecule has 0 spiro atoms. The standard InChI is InChI=1S/C18H28N2O3/c1-12-4-5-13(2)20(12)14(3)18(23)19-16(11-21)10-15-6-8-17(22)9-7-15/h6-9,12-14,16,21-22H,4-5,10-11H2,1-3H3,(H,19,23)/t12-,13-,14-,16+/m1/s1. The van der Waals surface area contributed by atoms with Crippen LogP contribution >= 0.6 is 0 Å². The van der Waals surface area contributed by atoms with Crippen LogP contribution in [0.4, 0.5) is 0 Å². The molecule has 0 saturated carbocycles. The first-order valence-corrected chi connectivity index (χ1v) is 8.39. The van der Waals surface area contributed by atoms with Crippen LogP contribution < -0.4 is 5.32 Å². The normalized spacial score (nSPS) is 24.3. The van der Waals surface area contributed by atoms with Crippen LogP contribution in [0.25, 0.3) is 0 Å². The number of aliphatic hydroxyl groups is 1. The van der Waals surface area contributed by atoms with Gasteiger partial charge >= 0.3 is 0 Å². The van der Waals surface area contributed by atoms with E-state index in [9.17, 15) is 15.0 Å². The molecule has 128 valence electrons. The van der Waals surface area contributed by atoms with Crippen molar-refractivity contribution in [2.24, 2.45) is 0 Å². The number of amides is 1. The number of phenolic OH excluding ortho intramolecular Hbond substituents is 1. The van der Waals surface area contributed by atoms with Gasteiger partial charge in [-0.25, -0.2) is 0 Å². The first kappa shape index (κ1) is 17.8. The van der Waals surface area contributed by atoms with Crippen molar-refractivity contribution < 1.29 is 15.0 Å². The van der Waals surface area contributed by atoms with E-state index >= 15 is 0 Å². The minimum absolute atomic E-state index is 0.0385. The second-order valence-corrected chi connectivity index (χ2v) is 6.66. The maximum atomic E-state index is 12.5. The van der Waals surface area contributed by atoms with E-state index in [1.807, 2.05) is 6.92 Å². The van der Waals surface area contributed by atoms with E-state index in [0.29, 0.717) is 18.5 Å². The van der Waals surface area contributed by atoms with Gasteiger partial charge < -0.3 is 15.5 Å². The Morgan fingerprint density at radius 3 is 2.35 bits per heavy atom. The van der Waals surface area contributed by atoms with Gasteiger partial charge in [-0.1, -0.05) is 12.1 Å². The maximum Gasteiger partial charge on any atom is 0.237 e. The molecule has 3 N–H and O–H groups in total. The summed E-state index contributed by atoms with van der Waals surface area (Å²) in [7, 11) is 0. The number of hydrogen-bond donors (Lipinski definition) is 3. The lowest BCUT2D eigenvalue weighted by molar-refractivity contribution is -0.127. The first-order chi connectivity index (χ1) is 10.9. The van der Waals surface area contributed by atoms with Gasteiger partial charge in [-0.05, 0) is 57.7 Å². The third kappa shape index (κ3) is 4.45. The number of nitrogens with zero attached hydrogens (tertiary/aromatic N) is 1. The molecule has 5 heteroatoms. The minimum Gasteiger partial charge on any atom is -0.508 e. The number of nitrogens with one attached hydrogen (secondary N) is 1. The summed E-state index contributed by atoms with van der Waals surface area (Å²) >= 11 is 0. The molecule has 2 rings (SSSR count). The highest BCUT2D eigenvalue weighted by molar-refractivity contribution is 5.81. The highest BCUT2D eigenvalue weighted by atomic mass is 16.3. The van der Waals surface area contributed by atoms with Gasteiger partial charge in [0, 0.05) is 12.1 Å². The van der Waals surface area contributed by atoms with Crippen LogP contribution in [0.1, 0.15) is 39.2 Å². The van der Waals surface area contributed by atoms with Gasteiger partial charge in [-0.2, -0.15) is 0 Å². The zero-order valence-electron chi connectivity index (χ0n) is 14.2. The van der Waals surface area contributed by atoms with Crippen molar-refractivity contribution in [1.82, 2.24) is 10.2 Å². The fourth-order valence-electron chi connectivity index (χ4n) is 3.51. The van der Waals surface area contributed by atoms with Gasteiger partial charge in [0.25, 0.3) is 0 Å². The lowest BCUT2D eigenvalue weighted by Crippen LogP contribution is -2.52. The van der Waals surface area contributed by atoms with Gasteiger partial charge in [-0.15, -0.1) is 0 Å². The summed E-state index contributed by atoms with van der Waals surface area (Å²) in [6.45, 7) is 6.15. The van der Waals surface area contributed by atoms with Crippen LogP contribution in [0, 0.1) is 0 Å². The third-order valence-electron chi connectivity index (χ3n) is 4.83. The number of carbonyl (C=O) groups is 1. The zero-order valence-corrected chi connectivity index (χ0v) is 14.2. The monoisotopic (exact) mass is 320 g/mol. The maximum absolute atomic E-state index is 12.5. The van der Waals surface area contributed by atoms with Gasteiger partial charge in [-0.3, -0.25) is 9.69 Å². The number of aliphatic hydroxyl groups excluding tert-OH is 1. The van der Waals surface area contributed by atoms with Crippen molar-refractivity contribution in [2.75, 3.05) is 6.61 Å². The molecule has 5 nitrogen and oxygen atoms in total. The van der Waals surface area contributed by atoms with Crippen molar-refractivity contribution in [3.63, 3.8) is 0 Å². The average molecular weight is 320 g/mol. The topological polar surface area (TPSA) is 72.8 Å². The summed E-state index contributed by atoms with van der Waals surface area (Å²) in [6.07, 6.45) is 2.78. The van der Waals surface area contributed by atoms with Crippen molar-refractivity contribution in [3.8, 4) is 5.75 Å². The number of phenols is 1. The molecule has 23 heavy (non-hydrogen) atoms. The second kappa shape index (κ2) is 7.79. The number of rotatable bonds is 6. The number of hydrogen-bond acceptors (Lipinski definition) is 4. The molecule has 0 bridgehead atoms. The van der Waals surface area contributed by atoms with Crippen molar-refractivity contribution >= 4 is 5.91 Å². The summed E-state index contributed by atoms with van der Waals surface area (Å²) in [5.74, 6) is 0.174. The molecular formula is C18H28N2O3. The van der Waals surface area contributed by atoms with Crippen LogP contribution in [-0.4, -0.2) is 51.8 Å². The highest BCUT2D eigenvalue weighted by Gasteiger charge is 2.34. The number of benzene rings is 1. The Balaban J connectivity index is 1.95. The molecule has 1 aromatic carbocycles. The molecule has 1 aromatic rings. The SMILES string of the molecule is C[C@@H]1CC[C@@H](C)N1[C@H](C)C(=O)N[C@H](CO)Cc1ccc(O)cc1. The molecule has 0 aliphatic carbocycles. The summed E-state index contributed by atoms with van der Waals surface area (Å²) < 4.78 is 0. The quantitative estimate of drug-likeness (QED) is 0.745. The molecule has 0 aromatic heterocycles. The van der Waals surface area contributed by atoms with E-state index in [1.54, 1.807) is 24.3 Å². The second-order valence-electron chi connectivity index (χ2n) is 6.66. The average Bonchev–Trinajstić information content (AvgIpc) is 2.86. The Bertz CT molecular complexity index is 508. The first-order valence-electron chi connectivity index (χ1n) is 8.39. The molecule has 1 heterocycles. The van der Waals surface area contributed by atoms with Crippen LogP contribution in [0.5, 0.6) is 5.75 Å². The Hall–Kier alpha value is -1.59. The summed E-state index contributed by atoms with van der Waals surface area (Å²) in [4.78, 5) is 14.8. The fraction of sp³-hybridized carbons (Fsp3) is 0.611. The molecule has 1 aliphatic rings. The van der Waals surface area contributed by atoms with E-state index in [1.165, 1.54) is 0 Å². The molecule has 1 aliphatic heterocycles. The van der Waals surface area contributed by atoms with E-state index in [0.717, 1.165) is 18.4 Å². The molecule has 0 unspecified atom stereocenters. The van der Waals surface area contributed by atoms with E-state index in [4.69, 9.17) is 0 Å². The van der Waals surface area contributed by atoms with Gasteiger partial charge in [0.1, 0.15) is 5.75 Å². The minimum atomic E-state index is -0.317. The molecule has 4 atom stereocenters. The Morgan fingerprint density at radius 2 is 1.83 bits per heavy atom. The largest absolute Gasteiger partial charge is 0.508 e. The lowest BCUT2D eigenvalue weighted by atomic mass is 10.1. The van der Waals surface area contributed by atoms with Gasteiger partial charge in [0.15, 0.2) is 0 Å². The van der Waals surface area contributed by atoms with Crippen LogP contribution in [-0.2, 0) is 11.2 Å². The molecule has 1 fully saturated rings. The van der Waals surface area contributed by atoms with E-state index < -0.39 is 0 Å². The Kier molecular flexibility index (Phi) is 6.02. The van der Waals surface area contributed by atoms with Crippen molar-refractivity contribution in [3.05, 3.63) is 29.8 Å². The van der Waals surface area contributed by atoms with Crippen molar-refractivity contribution in [1.29, 1.82) is 0 Å². The molecule has 1 saturated heterocycles. The van der Waals surface area contributed by atoms with Crippen LogP contribution in [0.15, 0.2) is 24.3 Å². The summed E-state index contributed by atoms with van der Waals surface area (Å²) in [5.41, 5.74) is 0.970. The summed E-state index contributed by atoms with van der Waals surface area (Å²) in [6, 6.07) is 7.14. The number of aromatic hydroxyl groups is 1. The fourth-order valence-corrected chi connectivity index (χ4v) is 3.51. The third-order valence-corrected chi connectivity index (χ3v) is 4.83. The Labute approximate surface area is 138 Å². The van der Waals surface area contributed by atoms with E-state index in [-0.39, 0.29) is 30.3 Å². The predicted octanol–water partition coefficient (Wildman–Crippen LogP) is 1.67. The molecular weight excluding hydrogens is 292 g/mol. The molecule has 0 radical (unpaired) electrons. The van der Waals surface area contributed by atoms with Crippen molar-refractivity contribution in [2.45, 2.75) is 64.2 Å². The Morgan fingerprint density at radius 1 is 1.26 bits per heavy atom. The zero-order chi connectivity index (χ0) is 17.0. The van der Waals surface area contributed by atoms with Gasteiger partial charge in [0.2, 0.25) is 5.91 Å². The predicted molar refractivity (Wildman–Crippen MR) is 90.3 cm³/mol. The van der Waals surface area contributed by atoms with E-state index in [2.05, 4.69) is 24.1 Å². The van der Waals surface area contributed by atoms with Gasteiger partial charge in [0.05, 0.1) is 18.7 Å². The highest BCUT2D eigenvalue weighted by Crippen LogP contribution is 2.26. The number of likely N-dealkylation sites (tertiary alicyclic amines) is 1.